The standard InChI is InChI=1S/C17H12N6/c1-12-5-6-13(8-15(12)22-21-14(9-18)10-19)16-11-23-7-3-2-4-17(23)20-16/h2-8,11,22H,1H3. The van der Waals surface area contributed by atoms with Crippen LogP contribution < -0.4 is 5.43 Å². The zero-order valence-electron chi connectivity index (χ0n) is 12.4. The Bertz CT molecular complexity index is 935. The Labute approximate surface area is 132 Å². The van der Waals surface area contributed by atoms with Gasteiger partial charge in [-0.05, 0) is 30.7 Å². The molecule has 0 atom stereocenters. The molecule has 0 aliphatic heterocycles. The van der Waals surface area contributed by atoms with Crippen molar-refractivity contribution >= 4 is 17.0 Å². The first-order valence-electron chi connectivity index (χ1n) is 6.90. The molecular formula is C17H12N6. The fraction of sp³-hybridized carbons (Fsp3) is 0.0588. The molecule has 2 aromatic heterocycles. The Hall–Kier alpha value is -3.64. The first-order chi connectivity index (χ1) is 11.2. The van der Waals surface area contributed by atoms with Gasteiger partial charge in [0.1, 0.15) is 17.8 Å². The van der Waals surface area contributed by atoms with Crippen molar-refractivity contribution in [3.63, 3.8) is 0 Å². The Morgan fingerprint density at radius 3 is 2.78 bits per heavy atom. The fourth-order valence-electron chi connectivity index (χ4n) is 2.17. The molecule has 1 N–H and O–H groups in total. The molecule has 2 heterocycles. The number of imidazole rings is 1. The minimum absolute atomic E-state index is 0.220. The quantitative estimate of drug-likeness (QED) is 0.594. The molecule has 1 aromatic carbocycles. The lowest BCUT2D eigenvalue weighted by Gasteiger charge is -2.06. The molecule has 0 spiro atoms. The van der Waals surface area contributed by atoms with E-state index < -0.39 is 0 Å². The van der Waals surface area contributed by atoms with Gasteiger partial charge >= 0.3 is 0 Å². The van der Waals surface area contributed by atoms with Crippen molar-refractivity contribution in [1.82, 2.24) is 9.38 Å². The Balaban J connectivity index is 1.98. The predicted octanol–water partition coefficient (Wildman–Crippen LogP) is 3.12. The van der Waals surface area contributed by atoms with Crippen molar-refractivity contribution in [2.75, 3.05) is 5.43 Å². The first kappa shape index (κ1) is 14.3. The number of nitriles is 2. The van der Waals surface area contributed by atoms with Crippen LogP contribution in [0.2, 0.25) is 0 Å². The molecule has 6 heteroatoms. The van der Waals surface area contributed by atoms with Crippen molar-refractivity contribution in [1.29, 1.82) is 10.5 Å². The molecule has 0 saturated carbocycles. The first-order valence-corrected chi connectivity index (χ1v) is 6.90. The van der Waals surface area contributed by atoms with Crippen LogP contribution in [0, 0.1) is 29.6 Å². The van der Waals surface area contributed by atoms with Gasteiger partial charge < -0.3 is 4.40 Å². The summed E-state index contributed by atoms with van der Waals surface area (Å²) in [5.41, 5.74) is 6.86. The summed E-state index contributed by atoms with van der Waals surface area (Å²) in [6.07, 6.45) is 3.89. The van der Waals surface area contributed by atoms with Crippen molar-refractivity contribution in [3.05, 3.63) is 54.4 Å². The average Bonchev–Trinajstić information content (AvgIpc) is 3.01. The number of hydrogen-bond acceptors (Lipinski definition) is 5. The molecule has 0 radical (unpaired) electrons. The lowest BCUT2D eigenvalue weighted by atomic mass is 10.1. The second kappa shape index (κ2) is 6.00. The second-order valence-corrected chi connectivity index (χ2v) is 4.92. The van der Waals surface area contributed by atoms with Crippen molar-refractivity contribution in [2.24, 2.45) is 5.10 Å². The number of hydrogen-bond donors (Lipinski definition) is 1. The predicted molar refractivity (Wildman–Crippen MR) is 87.6 cm³/mol. The molecule has 3 rings (SSSR count). The highest BCUT2D eigenvalue weighted by Gasteiger charge is 2.07. The number of aromatic nitrogens is 2. The maximum absolute atomic E-state index is 8.73. The van der Waals surface area contributed by atoms with Gasteiger partial charge in [0.25, 0.3) is 0 Å². The van der Waals surface area contributed by atoms with Gasteiger partial charge in [-0.3, -0.25) is 5.43 Å². The van der Waals surface area contributed by atoms with Crippen LogP contribution in [0.1, 0.15) is 5.56 Å². The van der Waals surface area contributed by atoms with Crippen LogP contribution in [0.25, 0.3) is 16.9 Å². The SMILES string of the molecule is Cc1ccc(-c2cn3ccccc3n2)cc1NN=C(C#N)C#N. The maximum atomic E-state index is 8.73. The largest absolute Gasteiger partial charge is 0.306 e. The molecule has 0 unspecified atom stereocenters. The van der Waals surface area contributed by atoms with E-state index in [-0.39, 0.29) is 5.71 Å². The number of nitrogens with zero attached hydrogens (tertiary/aromatic N) is 5. The van der Waals surface area contributed by atoms with Gasteiger partial charge in [0.15, 0.2) is 0 Å². The fourth-order valence-corrected chi connectivity index (χ4v) is 2.17. The third-order valence-electron chi connectivity index (χ3n) is 3.40. The molecule has 0 bridgehead atoms. The number of rotatable bonds is 3. The number of aryl methyl sites for hydroxylation is 1. The minimum atomic E-state index is -0.220. The molecule has 110 valence electrons. The van der Waals surface area contributed by atoms with Gasteiger partial charge in [-0.1, -0.05) is 18.2 Å². The van der Waals surface area contributed by atoms with Crippen LogP contribution in [0.3, 0.4) is 0 Å². The molecule has 6 nitrogen and oxygen atoms in total. The lowest BCUT2D eigenvalue weighted by molar-refractivity contribution is 1.19. The van der Waals surface area contributed by atoms with Crippen molar-refractivity contribution in [2.45, 2.75) is 6.92 Å². The van der Waals surface area contributed by atoms with Crippen molar-refractivity contribution in [3.8, 4) is 23.4 Å². The van der Waals surface area contributed by atoms with Crippen molar-refractivity contribution < 1.29 is 0 Å². The number of anilines is 1. The highest BCUT2D eigenvalue weighted by Crippen LogP contribution is 2.25. The summed E-state index contributed by atoms with van der Waals surface area (Å²) in [6.45, 7) is 1.92. The highest BCUT2D eigenvalue weighted by molar-refractivity contribution is 6.10. The van der Waals surface area contributed by atoms with E-state index in [1.807, 2.05) is 60.1 Å². The van der Waals surface area contributed by atoms with E-state index in [0.29, 0.717) is 0 Å². The van der Waals surface area contributed by atoms with Crippen LogP contribution >= 0.6 is 0 Å². The summed E-state index contributed by atoms with van der Waals surface area (Å²) in [5.74, 6) is 0. The van der Waals surface area contributed by atoms with E-state index >= 15 is 0 Å². The summed E-state index contributed by atoms with van der Waals surface area (Å²) in [5, 5.41) is 21.2. The van der Waals surface area contributed by atoms with Crippen LogP contribution in [0.5, 0.6) is 0 Å². The van der Waals surface area contributed by atoms with E-state index in [1.54, 1.807) is 12.1 Å². The molecule has 0 aliphatic carbocycles. The Morgan fingerprint density at radius 2 is 2.04 bits per heavy atom. The monoisotopic (exact) mass is 300 g/mol. The Kier molecular flexibility index (Phi) is 3.73. The third-order valence-corrected chi connectivity index (χ3v) is 3.40. The second-order valence-electron chi connectivity index (χ2n) is 4.92. The minimum Gasteiger partial charge on any atom is -0.306 e. The van der Waals surface area contributed by atoms with Crippen LogP contribution in [0.15, 0.2) is 53.9 Å². The zero-order valence-corrected chi connectivity index (χ0v) is 12.4. The van der Waals surface area contributed by atoms with Gasteiger partial charge in [-0.2, -0.15) is 15.6 Å². The Morgan fingerprint density at radius 1 is 1.22 bits per heavy atom. The maximum Gasteiger partial charge on any atom is 0.237 e. The van der Waals surface area contributed by atoms with Gasteiger partial charge in [0.05, 0.1) is 11.4 Å². The topological polar surface area (TPSA) is 89.3 Å². The molecule has 0 fully saturated rings. The van der Waals surface area contributed by atoms with E-state index in [2.05, 4.69) is 15.5 Å². The molecule has 0 amide bonds. The molecular weight excluding hydrogens is 288 g/mol. The van der Waals surface area contributed by atoms with E-state index in [4.69, 9.17) is 10.5 Å². The zero-order chi connectivity index (χ0) is 16.2. The number of pyridine rings is 1. The smallest absolute Gasteiger partial charge is 0.237 e. The summed E-state index contributed by atoms with van der Waals surface area (Å²) in [4.78, 5) is 4.58. The lowest BCUT2D eigenvalue weighted by Crippen LogP contribution is -1.98. The highest BCUT2D eigenvalue weighted by atomic mass is 15.3. The normalized spacial score (nSPS) is 9.87. The summed E-state index contributed by atoms with van der Waals surface area (Å²) >= 11 is 0. The van der Waals surface area contributed by atoms with E-state index in [0.717, 1.165) is 28.2 Å². The molecule has 0 saturated heterocycles. The summed E-state index contributed by atoms with van der Waals surface area (Å²) in [6, 6.07) is 15.1. The van der Waals surface area contributed by atoms with Gasteiger partial charge in [0.2, 0.25) is 5.71 Å². The van der Waals surface area contributed by atoms with Crippen LogP contribution in [0.4, 0.5) is 5.69 Å². The third kappa shape index (κ3) is 2.87. The molecule has 23 heavy (non-hydrogen) atoms. The summed E-state index contributed by atoms with van der Waals surface area (Å²) in [7, 11) is 0. The number of fused-ring (bicyclic) bond motifs is 1. The number of hydrazone groups is 1. The van der Waals surface area contributed by atoms with Crippen LogP contribution in [-0.4, -0.2) is 15.1 Å². The number of nitrogens with one attached hydrogen (secondary N) is 1. The van der Waals surface area contributed by atoms with E-state index in [1.165, 1.54) is 0 Å². The van der Waals surface area contributed by atoms with Crippen LogP contribution in [-0.2, 0) is 0 Å². The number of benzene rings is 1. The van der Waals surface area contributed by atoms with Gasteiger partial charge in [-0.25, -0.2) is 4.98 Å². The van der Waals surface area contributed by atoms with Gasteiger partial charge in [0, 0.05) is 18.0 Å². The molecule has 3 aromatic rings. The summed E-state index contributed by atoms with van der Waals surface area (Å²) < 4.78 is 1.95. The average molecular weight is 300 g/mol. The van der Waals surface area contributed by atoms with E-state index in [9.17, 15) is 0 Å². The van der Waals surface area contributed by atoms with Gasteiger partial charge in [-0.15, -0.1) is 0 Å². The molecule has 0 aliphatic rings.